The molecule has 0 aromatic heterocycles. The molecule has 0 amide bonds. The van der Waals surface area contributed by atoms with Crippen molar-refractivity contribution < 1.29 is 42.9 Å². The van der Waals surface area contributed by atoms with Crippen LogP contribution in [0.15, 0.2) is 60.8 Å². The summed E-state index contributed by atoms with van der Waals surface area (Å²) in [4.78, 5) is 37.6. The molecule has 2 unspecified atom stereocenters. The molecule has 0 fully saturated rings. The summed E-state index contributed by atoms with van der Waals surface area (Å²) in [6.07, 6.45) is 79.0. The quantitative estimate of drug-likeness (QED) is 0.0211. The number of hydrogen-bond acceptors (Lipinski definition) is 7. The Labute approximate surface area is 501 Å². The number of carboxylic acid groups (broad SMARTS) is 1. The summed E-state index contributed by atoms with van der Waals surface area (Å²) in [5, 5.41) is 9.74. The topological polar surface area (TPSA) is 108 Å². The minimum absolute atomic E-state index is 0.183. The van der Waals surface area contributed by atoms with E-state index in [1.807, 2.05) is 21.1 Å². The fraction of sp³-hybridized carbons (Fsp3) is 0.819. The predicted molar refractivity (Wildman–Crippen MR) is 346 cm³/mol. The molecule has 0 aromatic carbocycles. The van der Waals surface area contributed by atoms with Crippen LogP contribution in [0, 0.1) is 0 Å². The molecule has 81 heavy (non-hydrogen) atoms. The van der Waals surface area contributed by atoms with Gasteiger partial charge in [-0.3, -0.25) is 9.59 Å². The van der Waals surface area contributed by atoms with Crippen molar-refractivity contribution in [2.45, 2.75) is 334 Å². The van der Waals surface area contributed by atoms with Crippen LogP contribution in [0.25, 0.3) is 0 Å². The molecule has 0 saturated heterocycles. The van der Waals surface area contributed by atoms with Crippen molar-refractivity contribution in [1.82, 2.24) is 0 Å². The molecule has 0 saturated carbocycles. The van der Waals surface area contributed by atoms with Crippen LogP contribution < -0.4 is 0 Å². The highest BCUT2D eigenvalue weighted by molar-refractivity contribution is 5.71. The van der Waals surface area contributed by atoms with Crippen LogP contribution >= 0.6 is 0 Å². The van der Waals surface area contributed by atoms with Gasteiger partial charge in [0.15, 0.2) is 6.10 Å². The lowest BCUT2D eigenvalue weighted by molar-refractivity contribution is -0.870. The molecule has 9 heteroatoms. The third-order valence-corrected chi connectivity index (χ3v) is 15.2. The lowest BCUT2D eigenvalue weighted by Crippen LogP contribution is -2.40. The molecule has 0 aliphatic heterocycles. The van der Waals surface area contributed by atoms with Gasteiger partial charge in [-0.2, -0.15) is 0 Å². The second kappa shape index (κ2) is 63.0. The van der Waals surface area contributed by atoms with Crippen molar-refractivity contribution in [1.29, 1.82) is 0 Å². The number of unbranched alkanes of at least 4 members (excludes halogenated alkanes) is 39. The number of nitrogens with zero attached hydrogens (tertiary/aromatic N) is 1. The Kier molecular flexibility index (Phi) is 60.7. The van der Waals surface area contributed by atoms with E-state index in [1.165, 1.54) is 225 Å². The number of esters is 2. The maximum atomic E-state index is 12.9. The fourth-order valence-corrected chi connectivity index (χ4v) is 9.94. The average molecular weight is 1140 g/mol. The standard InChI is InChI=1S/C72H131NO8/c1-6-8-10-12-14-16-18-20-22-24-26-28-30-31-32-33-34-35-36-37-38-39-41-42-44-46-48-50-52-54-56-58-60-62-69(74)79-66-68(67-80-72(71(76)77)78-65-64-73(3,4)5)81-70(75)63-61-59-57-55-53-51-49-47-45-43-40-29-27-25-23-21-19-17-15-13-11-9-7-2/h18-21,24-27,40,43,68,72H,6-17,22-23,28-39,41-42,44-67H2,1-5H3/p+1/b20-18-,21-19-,26-24-,27-25-,43-40-. The van der Waals surface area contributed by atoms with Crippen molar-refractivity contribution >= 4 is 17.9 Å². The number of rotatable bonds is 64. The second-order valence-corrected chi connectivity index (χ2v) is 24.5. The first-order chi connectivity index (χ1) is 39.6. The minimum Gasteiger partial charge on any atom is -0.477 e. The number of hydrogen-bond donors (Lipinski definition) is 1. The van der Waals surface area contributed by atoms with Crippen LogP contribution in [0.3, 0.4) is 0 Å². The molecule has 9 nitrogen and oxygen atoms in total. The normalized spacial score (nSPS) is 13.0. The van der Waals surface area contributed by atoms with Crippen molar-refractivity contribution in [2.24, 2.45) is 0 Å². The van der Waals surface area contributed by atoms with E-state index in [1.54, 1.807) is 0 Å². The number of ether oxygens (including phenoxy) is 4. The number of allylic oxidation sites excluding steroid dienone is 10. The van der Waals surface area contributed by atoms with Crippen molar-refractivity contribution in [3.05, 3.63) is 60.8 Å². The monoisotopic (exact) mass is 1140 g/mol. The van der Waals surface area contributed by atoms with Crippen molar-refractivity contribution in [3.63, 3.8) is 0 Å². The Morgan fingerprint density at radius 3 is 0.988 bits per heavy atom. The van der Waals surface area contributed by atoms with Gasteiger partial charge in [-0.15, -0.1) is 0 Å². The van der Waals surface area contributed by atoms with Gasteiger partial charge in [-0.05, 0) is 83.5 Å². The predicted octanol–water partition coefficient (Wildman–Crippen LogP) is 21.1. The molecule has 0 rings (SSSR count). The zero-order chi connectivity index (χ0) is 59.1. The Balaban J connectivity index is 4.08. The maximum absolute atomic E-state index is 12.9. The van der Waals surface area contributed by atoms with Gasteiger partial charge in [-0.1, -0.05) is 286 Å². The van der Waals surface area contributed by atoms with E-state index in [0.717, 1.165) is 64.2 Å². The largest absolute Gasteiger partial charge is 0.477 e. The Hall–Kier alpha value is -3.01. The molecule has 0 heterocycles. The zero-order valence-electron chi connectivity index (χ0n) is 53.9. The summed E-state index contributed by atoms with van der Waals surface area (Å²) in [6, 6.07) is 0. The van der Waals surface area contributed by atoms with Gasteiger partial charge in [0, 0.05) is 12.8 Å². The SMILES string of the molecule is CCCCCCC/C=C\C/C=C\C/C=C\CCCCCCCCCCC(=O)OC(COC(=O)CCCCCCCCCCCCCCCCCCCCCCC/C=C\C/C=C\CCCCCCC)COC(OCC[N+](C)(C)C)C(=O)O. The molecule has 0 aliphatic carbocycles. The molecule has 472 valence electrons. The van der Waals surface area contributed by atoms with Crippen LogP contribution in [-0.4, -0.2) is 87.4 Å². The third-order valence-electron chi connectivity index (χ3n) is 15.2. The van der Waals surface area contributed by atoms with Gasteiger partial charge in [0.2, 0.25) is 0 Å². The maximum Gasteiger partial charge on any atom is 0.361 e. The molecule has 0 aliphatic rings. The number of aliphatic carboxylic acids is 1. The summed E-state index contributed by atoms with van der Waals surface area (Å²) >= 11 is 0. The van der Waals surface area contributed by atoms with Crippen LogP contribution in [0.1, 0.15) is 322 Å². The lowest BCUT2D eigenvalue weighted by atomic mass is 10.0. The Bertz CT molecular complexity index is 1510. The van der Waals surface area contributed by atoms with Crippen molar-refractivity contribution in [2.75, 3.05) is 47.5 Å². The van der Waals surface area contributed by atoms with Gasteiger partial charge in [-0.25, -0.2) is 4.79 Å². The highest BCUT2D eigenvalue weighted by Gasteiger charge is 2.25. The third kappa shape index (κ3) is 64.4. The first kappa shape index (κ1) is 78.0. The van der Waals surface area contributed by atoms with Gasteiger partial charge >= 0.3 is 17.9 Å². The molecule has 2 atom stereocenters. The summed E-state index contributed by atoms with van der Waals surface area (Å²) < 4.78 is 23.0. The minimum atomic E-state index is -1.51. The summed E-state index contributed by atoms with van der Waals surface area (Å²) in [5.41, 5.74) is 0. The van der Waals surface area contributed by atoms with E-state index in [0.29, 0.717) is 23.9 Å². The lowest BCUT2D eigenvalue weighted by Gasteiger charge is -2.25. The van der Waals surface area contributed by atoms with Crippen molar-refractivity contribution in [3.8, 4) is 0 Å². The number of carbonyl (C=O) groups excluding carboxylic acids is 2. The average Bonchev–Trinajstić information content (AvgIpc) is 3.44. The molecule has 0 radical (unpaired) electrons. The first-order valence-corrected chi connectivity index (χ1v) is 34.5. The number of quaternary nitrogens is 1. The van der Waals surface area contributed by atoms with E-state index in [9.17, 15) is 19.5 Å². The van der Waals surface area contributed by atoms with Gasteiger partial charge in [0.25, 0.3) is 6.29 Å². The van der Waals surface area contributed by atoms with Gasteiger partial charge < -0.3 is 28.5 Å². The van der Waals surface area contributed by atoms with Crippen LogP contribution in [0.4, 0.5) is 0 Å². The summed E-state index contributed by atoms with van der Waals surface area (Å²) in [6.45, 7) is 4.89. The summed E-state index contributed by atoms with van der Waals surface area (Å²) in [5.74, 6) is -2.00. The van der Waals surface area contributed by atoms with Gasteiger partial charge in [0.1, 0.15) is 13.2 Å². The van der Waals surface area contributed by atoms with Crippen LogP contribution in [0.5, 0.6) is 0 Å². The van der Waals surface area contributed by atoms with E-state index in [-0.39, 0.29) is 32.2 Å². The first-order valence-electron chi connectivity index (χ1n) is 34.5. The fourth-order valence-electron chi connectivity index (χ4n) is 9.94. The summed E-state index contributed by atoms with van der Waals surface area (Å²) in [7, 11) is 5.98. The molecular weight excluding hydrogens is 1010 g/mol. The zero-order valence-corrected chi connectivity index (χ0v) is 53.9. The van der Waals surface area contributed by atoms with Gasteiger partial charge in [0.05, 0.1) is 34.4 Å². The molecular formula is C72H132NO8+. The highest BCUT2D eigenvalue weighted by atomic mass is 16.7. The van der Waals surface area contributed by atoms with E-state index in [2.05, 4.69) is 74.6 Å². The number of carbonyl (C=O) groups is 3. The Morgan fingerprint density at radius 1 is 0.370 bits per heavy atom. The van der Waals surface area contributed by atoms with Crippen LogP contribution in [0.2, 0.25) is 0 Å². The Morgan fingerprint density at radius 2 is 0.667 bits per heavy atom. The smallest absolute Gasteiger partial charge is 0.361 e. The highest BCUT2D eigenvalue weighted by Crippen LogP contribution is 2.18. The molecule has 0 aromatic rings. The molecule has 0 spiro atoms. The number of carboxylic acids is 1. The molecule has 0 bridgehead atoms. The van der Waals surface area contributed by atoms with E-state index in [4.69, 9.17) is 18.9 Å². The second-order valence-electron chi connectivity index (χ2n) is 24.5. The molecule has 1 N–H and O–H groups in total. The van der Waals surface area contributed by atoms with E-state index >= 15 is 0 Å². The van der Waals surface area contributed by atoms with Crippen LogP contribution in [-0.2, 0) is 33.3 Å². The number of likely N-dealkylation sites (N-methyl/N-ethyl adjacent to an activating group) is 1. The van der Waals surface area contributed by atoms with E-state index < -0.39 is 24.3 Å².